The summed E-state index contributed by atoms with van der Waals surface area (Å²) < 4.78 is 0. The number of hydrogen-bond donors (Lipinski definition) is 1. The van der Waals surface area contributed by atoms with Crippen LogP contribution in [0.25, 0.3) is 11.3 Å². The third-order valence-electron chi connectivity index (χ3n) is 3.43. The first-order chi connectivity index (χ1) is 11.2. The van der Waals surface area contributed by atoms with Crippen LogP contribution in [0.2, 0.25) is 5.02 Å². The van der Waals surface area contributed by atoms with E-state index >= 15 is 0 Å². The molecular formula is C18H14ClN3O. The van der Waals surface area contributed by atoms with Crippen LogP contribution in [0.3, 0.4) is 0 Å². The number of rotatable bonds is 4. The second-order valence-electron chi connectivity index (χ2n) is 4.93. The molecule has 0 radical (unpaired) electrons. The zero-order valence-corrected chi connectivity index (χ0v) is 13.2. The highest BCUT2D eigenvalue weighted by molar-refractivity contribution is 6.30. The highest BCUT2D eigenvalue weighted by atomic mass is 35.5. The second kappa shape index (κ2) is 6.58. The van der Waals surface area contributed by atoms with Crippen LogP contribution in [-0.4, -0.2) is 22.8 Å². The Labute approximate surface area is 139 Å². The van der Waals surface area contributed by atoms with Crippen LogP contribution in [0.1, 0.15) is 15.9 Å². The van der Waals surface area contributed by atoms with Gasteiger partial charge in [0.1, 0.15) is 0 Å². The first-order valence-corrected chi connectivity index (χ1v) is 7.46. The number of ketones is 1. The van der Waals surface area contributed by atoms with Crippen molar-refractivity contribution in [2.24, 2.45) is 0 Å². The maximum atomic E-state index is 12.4. The SMILES string of the molecule is CNc1nccc(-c2ccc(C(=O)c3ccc(Cl)cc3)cc2)n1. The number of hydrogen-bond acceptors (Lipinski definition) is 4. The summed E-state index contributed by atoms with van der Waals surface area (Å²) in [7, 11) is 1.77. The highest BCUT2D eigenvalue weighted by Crippen LogP contribution is 2.20. The Morgan fingerprint density at radius 3 is 2.17 bits per heavy atom. The predicted molar refractivity (Wildman–Crippen MR) is 91.9 cm³/mol. The van der Waals surface area contributed by atoms with Crippen molar-refractivity contribution < 1.29 is 4.79 Å². The minimum Gasteiger partial charge on any atom is -0.357 e. The van der Waals surface area contributed by atoms with Crippen LogP contribution < -0.4 is 5.32 Å². The van der Waals surface area contributed by atoms with Gasteiger partial charge in [0.25, 0.3) is 0 Å². The summed E-state index contributed by atoms with van der Waals surface area (Å²) in [5.74, 6) is 0.524. The van der Waals surface area contributed by atoms with E-state index in [0.717, 1.165) is 11.3 Å². The van der Waals surface area contributed by atoms with Crippen LogP contribution in [0.4, 0.5) is 5.95 Å². The Bertz CT molecular complexity index is 830. The summed E-state index contributed by atoms with van der Waals surface area (Å²) in [4.78, 5) is 20.9. The lowest BCUT2D eigenvalue weighted by Gasteiger charge is -2.05. The van der Waals surface area contributed by atoms with E-state index in [-0.39, 0.29) is 5.78 Å². The summed E-state index contributed by atoms with van der Waals surface area (Å²) in [6.07, 6.45) is 1.70. The highest BCUT2D eigenvalue weighted by Gasteiger charge is 2.09. The summed E-state index contributed by atoms with van der Waals surface area (Å²) in [5.41, 5.74) is 2.96. The molecule has 1 N–H and O–H groups in total. The smallest absolute Gasteiger partial charge is 0.222 e. The standard InChI is InChI=1S/C18H14ClN3O/c1-20-18-21-11-10-16(22-18)12-2-4-13(5-3-12)17(23)14-6-8-15(19)9-7-14/h2-11H,1H3,(H,20,21,22). The molecule has 3 rings (SSSR count). The van der Waals surface area contributed by atoms with E-state index < -0.39 is 0 Å². The van der Waals surface area contributed by atoms with Gasteiger partial charge in [0.15, 0.2) is 5.78 Å². The normalized spacial score (nSPS) is 10.3. The van der Waals surface area contributed by atoms with Crippen molar-refractivity contribution in [3.8, 4) is 11.3 Å². The zero-order chi connectivity index (χ0) is 16.2. The van der Waals surface area contributed by atoms with Gasteiger partial charge in [-0.3, -0.25) is 4.79 Å². The summed E-state index contributed by atoms with van der Waals surface area (Å²) >= 11 is 5.85. The van der Waals surface area contributed by atoms with Crippen molar-refractivity contribution in [2.75, 3.05) is 12.4 Å². The van der Waals surface area contributed by atoms with E-state index in [1.807, 2.05) is 18.2 Å². The Hall–Kier alpha value is -2.72. The molecule has 0 aliphatic rings. The molecule has 4 nitrogen and oxygen atoms in total. The molecule has 0 atom stereocenters. The van der Waals surface area contributed by atoms with Gasteiger partial charge in [-0.2, -0.15) is 0 Å². The van der Waals surface area contributed by atoms with E-state index in [9.17, 15) is 4.79 Å². The number of anilines is 1. The van der Waals surface area contributed by atoms with Gasteiger partial charge in [0, 0.05) is 35.0 Å². The number of carbonyl (C=O) groups is 1. The van der Waals surface area contributed by atoms with E-state index in [1.165, 1.54) is 0 Å². The van der Waals surface area contributed by atoms with E-state index in [2.05, 4.69) is 15.3 Å². The predicted octanol–water partition coefficient (Wildman–Crippen LogP) is 4.07. The molecule has 0 aliphatic carbocycles. The van der Waals surface area contributed by atoms with E-state index in [1.54, 1.807) is 49.6 Å². The number of nitrogens with one attached hydrogen (secondary N) is 1. The zero-order valence-electron chi connectivity index (χ0n) is 12.5. The maximum absolute atomic E-state index is 12.4. The molecule has 0 saturated heterocycles. The fourth-order valence-corrected chi connectivity index (χ4v) is 2.33. The minimum absolute atomic E-state index is 0.0354. The average molecular weight is 324 g/mol. The summed E-state index contributed by atoms with van der Waals surface area (Å²) in [5, 5.41) is 3.52. The fourth-order valence-electron chi connectivity index (χ4n) is 2.20. The molecule has 2 aromatic carbocycles. The van der Waals surface area contributed by atoms with Crippen molar-refractivity contribution in [3.05, 3.63) is 76.9 Å². The van der Waals surface area contributed by atoms with Crippen molar-refractivity contribution in [1.82, 2.24) is 9.97 Å². The van der Waals surface area contributed by atoms with Gasteiger partial charge in [0.05, 0.1) is 5.69 Å². The maximum Gasteiger partial charge on any atom is 0.222 e. The van der Waals surface area contributed by atoms with Gasteiger partial charge in [-0.15, -0.1) is 0 Å². The van der Waals surface area contributed by atoms with Gasteiger partial charge in [-0.25, -0.2) is 9.97 Å². The van der Waals surface area contributed by atoms with Crippen LogP contribution in [-0.2, 0) is 0 Å². The number of nitrogens with zero attached hydrogens (tertiary/aromatic N) is 2. The number of halogens is 1. The van der Waals surface area contributed by atoms with Gasteiger partial charge >= 0.3 is 0 Å². The van der Waals surface area contributed by atoms with E-state index in [4.69, 9.17) is 11.6 Å². The largest absolute Gasteiger partial charge is 0.357 e. The van der Waals surface area contributed by atoms with Gasteiger partial charge in [0.2, 0.25) is 5.95 Å². The molecule has 0 unspecified atom stereocenters. The van der Waals surface area contributed by atoms with Crippen LogP contribution in [0, 0.1) is 0 Å². The minimum atomic E-state index is -0.0354. The van der Waals surface area contributed by atoms with E-state index in [0.29, 0.717) is 22.1 Å². The molecule has 0 spiro atoms. The Morgan fingerprint density at radius 1 is 0.957 bits per heavy atom. The lowest BCUT2D eigenvalue weighted by molar-refractivity contribution is 0.103. The lowest BCUT2D eigenvalue weighted by Crippen LogP contribution is -2.01. The monoisotopic (exact) mass is 323 g/mol. The summed E-state index contributed by atoms with van der Waals surface area (Å²) in [6.45, 7) is 0. The molecule has 0 fully saturated rings. The molecule has 0 bridgehead atoms. The van der Waals surface area contributed by atoms with Gasteiger partial charge in [-0.1, -0.05) is 35.9 Å². The third kappa shape index (κ3) is 3.38. The number of benzene rings is 2. The number of carbonyl (C=O) groups excluding carboxylic acids is 1. The quantitative estimate of drug-likeness (QED) is 0.735. The molecule has 23 heavy (non-hydrogen) atoms. The molecule has 5 heteroatoms. The molecule has 114 valence electrons. The van der Waals surface area contributed by atoms with Crippen LogP contribution in [0.15, 0.2) is 60.8 Å². The Morgan fingerprint density at radius 2 is 1.57 bits per heavy atom. The van der Waals surface area contributed by atoms with Crippen LogP contribution >= 0.6 is 11.6 Å². The van der Waals surface area contributed by atoms with Crippen molar-refractivity contribution >= 4 is 23.3 Å². The first-order valence-electron chi connectivity index (χ1n) is 7.09. The molecular weight excluding hydrogens is 310 g/mol. The first kappa shape index (κ1) is 15.2. The number of aromatic nitrogens is 2. The summed E-state index contributed by atoms with van der Waals surface area (Å²) in [6, 6.07) is 16.1. The molecule has 0 aliphatic heterocycles. The van der Waals surface area contributed by atoms with Crippen molar-refractivity contribution in [3.63, 3.8) is 0 Å². The molecule has 0 saturated carbocycles. The average Bonchev–Trinajstić information content (AvgIpc) is 2.62. The lowest BCUT2D eigenvalue weighted by atomic mass is 10.0. The van der Waals surface area contributed by atoms with Crippen molar-refractivity contribution in [1.29, 1.82) is 0 Å². The van der Waals surface area contributed by atoms with Crippen molar-refractivity contribution in [2.45, 2.75) is 0 Å². The molecule has 3 aromatic rings. The third-order valence-corrected chi connectivity index (χ3v) is 3.68. The van der Waals surface area contributed by atoms with Crippen LogP contribution in [0.5, 0.6) is 0 Å². The topological polar surface area (TPSA) is 54.9 Å². The van der Waals surface area contributed by atoms with Gasteiger partial charge < -0.3 is 5.32 Å². The molecule has 0 amide bonds. The molecule has 1 heterocycles. The second-order valence-corrected chi connectivity index (χ2v) is 5.37. The Balaban J connectivity index is 1.86. The molecule has 1 aromatic heterocycles. The fraction of sp³-hybridized carbons (Fsp3) is 0.0556. The van der Waals surface area contributed by atoms with Gasteiger partial charge in [-0.05, 0) is 30.3 Å². The Kier molecular flexibility index (Phi) is 4.35.